The van der Waals surface area contributed by atoms with Crippen LogP contribution in [0.5, 0.6) is 5.75 Å². The normalized spacial score (nSPS) is 22.3. The Morgan fingerprint density at radius 3 is 2.38 bits per heavy atom. The Balaban J connectivity index is 2.47. The van der Waals surface area contributed by atoms with Crippen molar-refractivity contribution in [2.45, 2.75) is 51.7 Å². The van der Waals surface area contributed by atoms with Gasteiger partial charge in [0.1, 0.15) is 11.8 Å². The van der Waals surface area contributed by atoms with E-state index in [-0.39, 0.29) is 24.0 Å². The predicted octanol–water partition coefficient (Wildman–Crippen LogP) is 4.11. The summed E-state index contributed by atoms with van der Waals surface area (Å²) >= 11 is 3.63. The largest absolute Gasteiger partial charge is 0.495 e. The highest BCUT2D eigenvalue weighted by atomic mass is 79.9. The number of hydrogen-bond donors (Lipinski definition) is 0. The van der Waals surface area contributed by atoms with Crippen LogP contribution in [0, 0.1) is 0 Å². The van der Waals surface area contributed by atoms with Crippen LogP contribution in [0.4, 0.5) is 0 Å². The minimum Gasteiger partial charge on any atom is -0.495 e. The van der Waals surface area contributed by atoms with Crippen molar-refractivity contribution in [3.8, 4) is 5.75 Å². The number of nitrogens with zero attached hydrogens (tertiary/aromatic N) is 2. The first-order valence-corrected chi connectivity index (χ1v) is 8.81. The SMILES string of the molecule is COc1c(Br)cc(C(/N=C\N(C)C)C2OC(C)O2)cc1C(C)(C)C. The average Bonchev–Trinajstić information content (AvgIpc) is 2.43. The minimum absolute atomic E-state index is 0.0612. The molecule has 0 bridgehead atoms. The summed E-state index contributed by atoms with van der Waals surface area (Å²) in [5.74, 6) is 0.852. The fourth-order valence-corrected chi connectivity index (χ4v) is 3.24. The molecule has 1 saturated heterocycles. The molecule has 24 heavy (non-hydrogen) atoms. The van der Waals surface area contributed by atoms with E-state index in [1.54, 1.807) is 13.4 Å². The van der Waals surface area contributed by atoms with E-state index >= 15 is 0 Å². The standard InChI is InChI=1S/C18H27BrN2O3/c1-11-23-17(24-11)15(20-10-21(5)6)12-8-13(18(2,3)4)16(22-7)14(19)9-12/h8-11,15,17H,1-7H3/b20-10-. The maximum Gasteiger partial charge on any atom is 0.190 e. The van der Waals surface area contributed by atoms with Gasteiger partial charge in [-0.1, -0.05) is 20.8 Å². The Bertz CT molecular complexity index is 605. The molecular formula is C18H27BrN2O3. The van der Waals surface area contributed by atoms with Crippen LogP contribution in [-0.2, 0) is 14.9 Å². The Morgan fingerprint density at radius 1 is 1.29 bits per heavy atom. The molecule has 0 aliphatic carbocycles. The van der Waals surface area contributed by atoms with E-state index < -0.39 is 0 Å². The highest BCUT2D eigenvalue weighted by molar-refractivity contribution is 9.10. The quantitative estimate of drug-likeness (QED) is 0.552. The molecule has 1 fully saturated rings. The third kappa shape index (κ3) is 4.29. The Kier molecular flexibility index (Phi) is 5.94. The van der Waals surface area contributed by atoms with E-state index in [9.17, 15) is 0 Å². The van der Waals surface area contributed by atoms with Gasteiger partial charge in [-0.2, -0.15) is 0 Å². The lowest BCUT2D eigenvalue weighted by Gasteiger charge is -2.38. The first-order valence-electron chi connectivity index (χ1n) is 8.02. The predicted molar refractivity (Wildman–Crippen MR) is 99.7 cm³/mol. The van der Waals surface area contributed by atoms with Crippen molar-refractivity contribution in [3.05, 3.63) is 27.7 Å². The summed E-state index contributed by atoms with van der Waals surface area (Å²) < 4.78 is 17.9. The molecule has 0 radical (unpaired) electrons. The summed E-state index contributed by atoms with van der Waals surface area (Å²) in [6, 6.07) is 3.94. The number of halogens is 1. The highest BCUT2D eigenvalue weighted by Crippen LogP contribution is 2.41. The maximum absolute atomic E-state index is 5.71. The molecule has 6 heteroatoms. The van der Waals surface area contributed by atoms with Crippen LogP contribution >= 0.6 is 15.9 Å². The second-order valence-corrected chi connectivity index (χ2v) is 8.07. The van der Waals surface area contributed by atoms with Gasteiger partial charge in [-0.05, 0) is 46.0 Å². The van der Waals surface area contributed by atoms with Crippen LogP contribution < -0.4 is 4.74 Å². The van der Waals surface area contributed by atoms with Gasteiger partial charge in [-0.3, -0.25) is 4.99 Å². The number of ether oxygens (including phenoxy) is 3. The molecule has 1 unspecified atom stereocenters. The fourth-order valence-electron chi connectivity index (χ4n) is 2.61. The molecule has 0 N–H and O–H groups in total. The zero-order chi connectivity index (χ0) is 18.1. The van der Waals surface area contributed by atoms with Crippen molar-refractivity contribution in [1.82, 2.24) is 4.90 Å². The molecule has 0 spiro atoms. The van der Waals surface area contributed by atoms with E-state index in [0.717, 1.165) is 21.3 Å². The Morgan fingerprint density at radius 2 is 1.92 bits per heavy atom. The lowest BCUT2D eigenvalue weighted by Crippen LogP contribution is -2.42. The molecule has 0 amide bonds. The summed E-state index contributed by atoms with van der Waals surface area (Å²) in [5, 5.41) is 0. The topological polar surface area (TPSA) is 43.3 Å². The molecular weight excluding hydrogens is 372 g/mol. The van der Waals surface area contributed by atoms with Gasteiger partial charge in [0, 0.05) is 19.7 Å². The van der Waals surface area contributed by atoms with Crippen molar-refractivity contribution in [1.29, 1.82) is 0 Å². The molecule has 0 saturated carbocycles. The lowest BCUT2D eigenvalue weighted by atomic mass is 9.84. The molecule has 2 rings (SSSR count). The molecule has 1 aliphatic rings. The number of hydrogen-bond acceptors (Lipinski definition) is 4. The van der Waals surface area contributed by atoms with Gasteiger partial charge in [0.05, 0.1) is 17.9 Å². The Hall–Kier alpha value is -1.11. The molecule has 1 heterocycles. The lowest BCUT2D eigenvalue weighted by molar-refractivity contribution is -0.382. The zero-order valence-electron chi connectivity index (χ0n) is 15.5. The number of methoxy groups -OCH3 is 1. The van der Waals surface area contributed by atoms with Crippen molar-refractivity contribution in [2.24, 2.45) is 4.99 Å². The van der Waals surface area contributed by atoms with E-state index in [0.29, 0.717) is 0 Å². The second kappa shape index (κ2) is 7.42. The summed E-state index contributed by atoms with van der Waals surface area (Å²) in [6.07, 6.45) is 1.23. The highest BCUT2D eigenvalue weighted by Gasteiger charge is 2.36. The van der Waals surface area contributed by atoms with Gasteiger partial charge >= 0.3 is 0 Å². The third-order valence-corrected chi connectivity index (χ3v) is 4.38. The second-order valence-electron chi connectivity index (χ2n) is 7.21. The van der Waals surface area contributed by atoms with E-state index in [4.69, 9.17) is 14.2 Å². The summed E-state index contributed by atoms with van der Waals surface area (Å²) in [5.41, 5.74) is 2.09. The number of aliphatic imine (C=N–C) groups is 1. The van der Waals surface area contributed by atoms with E-state index in [1.165, 1.54) is 0 Å². The molecule has 1 atom stereocenters. The van der Waals surface area contributed by atoms with Crippen LogP contribution in [0.2, 0.25) is 0 Å². The molecule has 5 nitrogen and oxygen atoms in total. The first kappa shape index (κ1) is 19.2. The van der Waals surface area contributed by atoms with Gasteiger partial charge < -0.3 is 19.1 Å². The van der Waals surface area contributed by atoms with Crippen LogP contribution in [0.1, 0.15) is 44.9 Å². The van der Waals surface area contributed by atoms with Crippen LogP contribution in [0.15, 0.2) is 21.6 Å². The third-order valence-electron chi connectivity index (χ3n) is 3.79. The molecule has 134 valence electrons. The minimum atomic E-state index is -0.371. The first-order chi connectivity index (χ1) is 11.1. The summed E-state index contributed by atoms with van der Waals surface area (Å²) in [6.45, 7) is 8.38. The molecule has 1 aliphatic heterocycles. The van der Waals surface area contributed by atoms with Crippen molar-refractivity contribution in [2.75, 3.05) is 21.2 Å². The van der Waals surface area contributed by atoms with Crippen molar-refractivity contribution < 1.29 is 14.2 Å². The van der Waals surface area contributed by atoms with Crippen LogP contribution in [0.3, 0.4) is 0 Å². The van der Waals surface area contributed by atoms with Crippen molar-refractivity contribution >= 4 is 22.3 Å². The van der Waals surface area contributed by atoms with Gasteiger partial charge in [-0.15, -0.1) is 0 Å². The molecule has 1 aromatic rings. The number of rotatable bonds is 5. The smallest absolute Gasteiger partial charge is 0.190 e. The van der Waals surface area contributed by atoms with Gasteiger partial charge in [0.15, 0.2) is 12.6 Å². The van der Waals surface area contributed by atoms with Crippen molar-refractivity contribution in [3.63, 3.8) is 0 Å². The van der Waals surface area contributed by atoms with E-state index in [1.807, 2.05) is 32.0 Å². The maximum atomic E-state index is 5.71. The van der Waals surface area contributed by atoms with E-state index in [2.05, 4.69) is 47.8 Å². The van der Waals surface area contributed by atoms with Crippen LogP contribution in [-0.4, -0.2) is 45.0 Å². The van der Waals surface area contributed by atoms with Gasteiger partial charge in [0.2, 0.25) is 0 Å². The zero-order valence-corrected chi connectivity index (χ0v) is 17.0. The number of benzene rings is 1. The molecule has 1 aromatic carbocycles. The summed E-state index contributed by atoms with van der Waals surface area (Å²) in [7, 11) is 5.57. The van der Waals surface area contributed by atoms with Gasteiger partial charge in [0.25, 0.3) is 0 Å². The Labute approximate surface area is 153 Å². The average molecular weight is 399 g/mol. The fraction of sp³-hybridized carbons (Fsp3) is 0.611. The van der Waals surface area contributed by atoms with Crippen LogP contribution in [0.25, 0.3) is 0 Å². The van der Waals surface area contributed by atoms with Gasteiger partial charge in [-0.25, -0.2) is 0 Å². The monoisotopic (exact) mass is 398 g/mol. The molecule has 0 aromatic heterocycles. The summed E-state index contributed by atoms with van der Waals surface area (Å²) in [4.78, 5) is 6.56.